The molecule has 32 heavy (non-hydrogen) atoms. The van der Waals surface area contributed by atoms with E-state index in [4.69, 9.17) is 5.73 Å². The minimum Gasteiger partial charge on any atom is -0.477 e. The van der Waals surface area contributed by atoms with Crippen LogP contribution >= 0.6 is 46.2 Å². The van der Waals surface area contributed by atoms with Gasteiger partial charge in [-0.3, -0.25) is 14.5 Å². The van der Waals surface area contributed by atoms with Crippen molar-refractivity contribution in [1.29, 1.82) is 0 Å². The van der Waals surface area contributed by atoms with Crippen molar-refractivity contribution >= 4 is 74.8 Å². The van der Waals surface area contributed by atoms with Crippen LogP contribution in [0.15, 0.2) is 26.1 Å². The summed E-state index contributed by atoms with van der Waals surface area (Å²) in [5, 5.41) is 34.2. The number of oxime groups is 1. The van der Waals surface area contributed by atoms with Crippen molar-refractivity contribution in [3.63, 3.8) is 0 Å². The van der Waals surface area contributed by atoms with Gasteiger partial charge in [0, 0.05) is 16.9 Å². The third-order valence-electron chi connectivity index (χ3n) is 4.49. The third-order valence-corrected chi connectivity index (χ3v) is 8.57. The monoisotopic (exact) mass is 513 g/mol. The van der Waals surface area contributed by atoms with E-state index < -0.39 is 29.2 Å². The van der Waals surface area contributed by atoms with Crippen molar-refractivity contribution in [3.8, 4) is 0 Å². The minimum absolute atomic E-state index is 0.0739. The molecule has 4 rings (SSSR count). The van der Waals surface area contributed by atoms with E-state index in [1.54, 1.807) is 0 Å². The van der Waals surface area contributed by atoms with Gasteiger partial charge in [0.1, 0.15) is 27.8 Å². The molecule has 12 nitrogen and oxygen atoms in total. The fourth-order valence-corrected chi connectivity index (χ4v) is 6.95. The van der Waals surface area contributed by atoms with Crippen LogP contribution in [0.4, 0.5) is 5.13 Å². The largest absolute Gasteiger partial charge is 0.477 e. The first-order valence-corrected chi connectivity index (χ1v) is 12.6. The number of nitrogens with zero attached hydrogens (tertiary/aromatic N) is 5. The van der Waals surface area contributed by atoms with Gasteiger partial charge in [0.25, 0.3) is 11.8 Å². The molecule has 0 aliphatic carbocycles. The summed E-state index contributed by atoms with van der Waals surface area (Å²) in [6, 6.07) is -0.963. The summed E-state index contributed by atoms with van der Waals surface area (Å²) < 4.78 is 0.713. The zero-order valence-corrected chi connectivity index (χ0v) is 19.5. The maximum absolute atomic E-state index is 12.8. The molecule has 2 aromatic rings. The van der Waals surface area contributed by atoms with Crippen molar-refractivity contribution < 1.29 is 24.7 Å². The highest BCUT2D eigenvalue weighted by molar-refractivity contribution is 8.01. The van der Waals surface area contributed by atoms with E-state index in [1.807, 2.05) is 6.92 Å². The zero-order chi connectivity index (χ0) is 23.0. The van der Waals surface area contributed by atoms with Gasteiger partial charge in [0.05, 0.1) is 0 Å². The number of nitrogen functional groups attached to an aromatic ring is 1. The van der Waals surface area contributed by atoms with Crippen LogP contribution < -0.4 is 11.1 Å². The number of carboxylic acids is 1. The summed E-state index contributed by atoms with van der Waals surface area (Å²) in [6.07, 6.45) is 0. The van der Waals surface area contributed by atoms with Crippen molar-refractivity contribution in [2.45, 2.75) is 22.7 Å². The second-order valence-electron chi connectivity index (χ2n) is 6.51. The number of carbonyl (C=O) groups excluding carboxylic acids is 2. The quantitative estimate of drug-likeness (QED) is 0.134. The molecular weight excluding hydrogens is 498 g/mol. The van der Waals surface area contributed by atoms with Crippen molar-refractivity contribution in [3.05, 3.63) is 27.4 Å². The number of anilines is 1. The second-order valence-corrected chi connectivity index (χ2v) is 10.9. The molecule has 16 heteroatoms. The number of β-lactam (4-membered cyclic amide) rings is 1. The van der Waals surface area contributed by atoms with Gasteiger partial charge < -0.3 is 21.4 Å². The Balaban J connectivity index is 1.48. The van der Waals surface area contributed by atoms with Gasteiger partial charge in [-0.05, 0) is 12.5 Å². The van der Waals surface area contributed by atoms with Gasteiger partial charge in [-0.2, -0.15) is 0 Å². The van der Waals surface area contributed by atoms with Crippen LogP contribution in [0.3, 0.4) is 0 Å². The topological polar surface area (TPSA) is 184 Å². The number of rotatable bonds is 7. The summed E-state index contributed by atoms with van der Waals surface area (Å²) in [6.45, 7) is 1.83. The molecular formula is C16H15N7O5S4. The number of nitrogens with two attached hydrogens (primary N) is 1. The predicted molar refractivity (Wildman–Crippen MR) is 120 cm³/mol. The van der Waals surface area contributed by atoms with Crippen LogP contribution in [0.1, 0.15) is 10.7 Å². The number of aryl methyl sites for hydroxylation is 1. The molecule has 1 fully saturated rings. The highest BCUT2D eigenvalue weighted by atomic mass is 32.2. The summed E-state index contributed by atoms with van der Waals surface area (Å²) in [5.41, 5.74) is 5.74. The molecule has 0 aromatic carbocycles. The number of carbonyl (C=O) groups is 3. The standard InChI is InChI=1S/C16H15N7O5S4/c1-5-20-21-16(32-5)31-3-6-2-29-13-9(12(25)23(13)10(6)14(26)27)19-11(24)8(22-28)7-4-30-15(17)18-7/h4,9,13,28H,2-3H2,1H3,(H2,17,18)(H,19,24)(H,26,27)/b22-8-/t9?,13-/m1/s1. The Bertz CT molecular complexity index is 1160. The lowest BCUT2D eigenvalue weighted by molar-refractivity contribution is -0.150. The third kappa shape index (κ3) is 4.17. The molecule has 4 heterocycles. The average Bonchev–Trinajstić information content (AvgIpc) is 3.38. The lowest BCUT2D eigenvalue weighted by atomic mass is 10.0. The normalized spacial score (nSPS) is 20.7. The fourth-order valence-electron chi connectivity index (χ4n) is 3.10. The summed E-state index contributed by atoms with van der Waals surface area (Å²) >= 11 is 5.17. The minimum atomic E-state index is -1.21. The summed E-state index contributed by atoms with van der Waals surface area (Å²) in [7, 11) is 0. The highest BCUT2D eigenvalue weighted by Crippen LogP contribution is 2.41. The molecule has 0 spiro atoms. The molecule has 5 N–H and O–H groups in total. The van der Waals surface area contributed by atoms with E-state index >= 15 is 0 Å². The molecule has 2 amide bonds. The Morgan fingerprint density at radius 3 is 2.81 bits per heavy atom. The number of thiazole rings is 1. The van der Waals surface area contributed by atoms with Crippen molar-refractivity contribution in [2.24, 2.45) is 5.16 Å². The number of hydrogen-bond acceptors (Lipinski definition) is 13. The number of amides is 2. The molecule has 1 saturated heterocycles. The van der Waals surface area contributed by atoms with E-state index in [0.29, 0.717) is 21.4 Å². The van der Waals surface area contributed by atoms with Crippen LogP contribution in [0.5, 0.6) is 0 Å². The number of carboxylic acid groups (broad SMARTS) is 1. The highest BCUT2D eigenvalue weighted by Gasteiger charge is 2.54. The number of aromatic nitrogens is 3. The molecule has 2 atom stereocenters. The molecule has 2 aliphatic rings. The average molecular weight is 514 g/mol. The Hall–Kier alpha value is -2.69. The van der Waals surface area contributed by atoms with E-state index in [0.717, 1.165) is 16.3 Å². The van der Waals surface area contributed by atoms with Crippen LogP contribution in [0.2, 0.25) is 0 Å². The van der Waals surface area contributed by atoms with E-state index in [9.17, 15) is 24.7 Å². The molecule has 2 aliphatic heterocycles. The second kappa shape index (κ2) is 9.05. The molecule has 0 saturated carbocycles. The van der Waals surface area contributed by atoms with Gasteiger partial charge in [-0.15, -0.1) is 33.3 Å². The number of aliphatic carboxylic acids is 1. The zero-order valence-electron chi connectivity index (χ0n) is 16.2. The first-order chi connectivity index (χ1) is 15.3. The number of nitrogens with one attached hydrogen (secondary N) is 1. The maximum Gasteiger partial charge on any atom is 0.352 e. The molecule has 168 valence electrons. The number of fused-ring (bicyclic) bond motifs is 1. The molecule has 2 aromatic heterocycles. The molecule has 0 bridgehead atoms. The number of hydrogen-bond donors (Lipinski definition) is 4. The lowest BCUT2D eigenvalue weighted by Crippen LogP contribution is -2.71. The van der Waals surface area contributed by atoms with Crippen LogP contribution in [0, 0.1) is 6.92 Å². The number of thioether (sulfide) groups is 2. The SMILES string of the molecule is Cc1nnc(SCC2=C(C(=O)O)N3C(=O)C(NC(=O)/C(=N\O)c4csc(N)n4)[C@H]3SC2)s1. The first-order valence-electron chi connectivity index (χ1n) is 8.87. The van der Waals surface area contributed by atoms with Gasteiger partial charge in [0.15, 0.2) is 15.2 Å². The Morgan fingerprint density at radius 1 is 1.44 bits per heavy atom. The van der Waals surface area contributed by atoms with E-state index in [2.05, 4.69) is 25.7 Å². The van der Waals surface area contributed by atoms with Crippen molar-refractivity contribution in [2.75, 3.05) is 17.2 Å². The molecule has 1 unspecified atom stereocenters. The van der Waals surface area contributed by atoms with Crippen LogP contribution in [-0.2, 0) is 14.4 Å². The summed E-state index contributed by atoms with van der Waals surface area (Å²) in [5.74, 6) is -1.87. The molecule has 0 radical (unpaired) electrons. The van der Waals surface area contributed by atoms with Crippen molar-refractivity contribution in [1.82, 2.24) is 25.4 Å². The van der Waals surface area contributed by atoms with E-state index in [-0.39, 0.29) is 22.2 Å². The van der Waals surface area contributed by atoms with Crippen LogP contribution in [0.25, 0.3) is 0 Å². The Morgan fingerprint density at radius 2 is 2.22 bits per heavy atom. The van der Waals surface area contributed by atoms with Gasteiger partial charge in [-0.25, -0.2) is 9.78 Å². The lowest BCUT2D eigenvalue weighted by Gasteiger charge is -2.49. The van der Waals surface area contributed by atoms with Crippen LogP contribution in [-0.4, -0.2) is 76.8 Å². The van der Waals surface area contributed by atoms with E-state index in [1.165, 1.54) is 45.1 Å². The fraction of sp³-hybridized carbons (Fsp3) is 0.312. The Kier molecular flexibility index (Phi) is 6.36. The van der Waals surface area contributed by atoms with Gasteiger partial charge in [0.2, 0.25) is 0 Å². The van der Waals surface area contributed by atoms with Gasteiger partial charge >= 0.3 is 5.97 Å². The first kappa shape index (κ1) is 22.5. The summed E-state index contributed by atoms with van der Waals surface area (Å²) in [4.78, 5) is 42.3. The van der Waals surface area contributed by atoms with Gasteiger partial charge in [-0.1, -0.05) is 28.3 Å². The Labute approximate surface area is 197 Å². The maximum atomic E-state index is 12.8. The smallest absolute Gasteiger partial charge is 0.352 e. The predicted octanol–water partition coefficient (Wildman–Crippen LogP) is 0.594.